The van der Waals surface area contributed by atoms with Crippen molar-refractivity contribution in [2.24, 2.45) is 0 Å². The first-order valence-electron chi connectivity index (χ1n) is 9.66. The predicted octanol–water partition coefficient (Wildman–Crippen LogP) is 5.68. The molecule has 3 nitrogen and oxygen atoms in total. The van der Waals surface area contributed by atoms with E-state index in [0.29, 0.717) is 13.2 Å². The van der Waals surface area contributed by atoms with Crippen LogP contribution in [0.25, 0.3) is 0 Å². The number of hydrogen-bond acceptors (Lipinski definition) is 3. The van der Waals surface area contributed by atoms with Crippen LogP contribution in [0.15, 0.2) is 22.8 Å². The van der Waals surface area contributed by atoms with Crippen molar-refractivity contribution < 1.29 is 14.3 Å². The molecule has 0 unspecified atom stereocenters. The van der Waals surface area contributed by atoms with Gasteiger partial charge in [0, 0.05) is 0 Å². The normalized spacial score (nSPS) is 11.8. The van der Waals surface area contributed by atoms with Crippen LogP contribution >= 0.6 is 0 Å². The number of rotatable bonds is 16. The van der Waals surface area contributed by atoms with Crippen LogP contribution in [-0.2, 0) is 14.3 Å². The summed E-state index contributed by atoms with van der Waals surface area (Å²) in [5.41, 5.74) is 0. The van der Waals surface area contributed by atoms with E-state index >= 15 is 0 Å². The second-order valence-corrected chi connectivity index (χ2v) is 19.6. The molecule has 0 aromatic carbocycles. The first kappa shape index (κ1) is 23.7. The van der Waals surface area contributed by atoms with Crippen LogP contribution in [-0.4, -0.2) is 44.2 Å². The zero-order chi connectivity index (χ0) is 18.1. The zero-order valence-electron chi connectivity index (χ0n) is 16.1. The van der Waals surface area contributed by atoms with Gasteiger partial charge in [0.1, 0.15) is 0 Å². The van der Waals surface area contributed by atoms with Gasteiger partial charge in [-0.2, -0.15) is 0 Å². The Morgan fingerprint density at radius 3 is 1.96 bits per heavy atom. The monoisotopic (exact) mass is 446 g/mol. The average molecular weight is 445 g/mol. The number of carbonyl (C=O) groups excluding carboxylic acids is 1. The van der Waals surface area contributed by atoms with Crippen molar-refractivity contribution in [1.29, 1.82) is 0 Å². The fourth-order valence-electron chi connectivity index (χ4n) is 2.92. The Labute approximate surface area is 153 Å². The molecule has 0 aromatic rings. The van der Waals surface area contributed by atoms with Crippen LogP contribution in [0.5, 0.6) is 0 Å². The molecule has 0 radical (unpaired) electrons. The molecule has 0 rings (SSSR count). The summed E-state index contributed by atoms with van der Waals surface area (Å²) in [5.74, 6) is -0.294. The third-order valence-electron chi connectivity index (χ3n) is 4.35. The third-order valence-corrected chi connectivity index (χ3v) is 18.6. The molecular formula is C20H38O3Sn. The SMILES string of the molecule is C=CCOCC(=O)OC/C=[CH]/[Sn]([CH2]CCC)([CH2]CCC)[CH2]CCC. The molecule has 0 aromatic heterocycles. The van der Waals surface area contributed by atoms with Crippen molar-refractivity contribution in [2.45, 2.75) is 72.6 Å². The van der Waals surface area contributed by atoms with Crippen molar-refractivity contribution in [1.82, 2.24) is 0 Å². The van der Waals surface area contributed by atoms with Gasteiger partial charge < -0.3 is 0 Å². The van der Waals surface area contributed by atoms with Gasteiger partial charge in [-0.25, -0.2) is 0 Å². The Morgan fingerprint density at radius 1 is 0.958 bits per heavy atom. The Morgan fingerprint density at radius 2 is 1.50 bits per heavy atom. The molecule has 0 saturated heterocycles. The first-order chi connectivity index (χ1) is 11.6. The molecule has 0 aliphatic carbocycles. The molecule has 0 bridgehead atoms. The van der Waals surface area contributed by atoms with Gasteiger partial charge in [0.05, 0.1) is 0 Å². The van der Waals surface area contributed by atoms with E-state index in [1.165, 1.54) is 51.8 Å². The summed E-state index contributed by atoms with van der Waals surface area (Å²) in [4.78, 5) is 11.6. The molecule has 140 valence electrons. The number of hydrogen-bond donors (Lipinski definition) is 0. The van der Waals surface area contributed by atoms with E-state index in [0.717, 1.165) is 0 Å². The summed E-state index contributed by atoms with van der Waals surface area (Å²) in [7, 11) is 0. The zero-order valence-corrected chi connectivity index (χ0v) is 19.0. The fourth-order valence-corrected chi connectivity index (χ4v) is 17.2. The van der Waals surface area contributed by atoms with Gasteiger partial charge in [-0.15, -0.1) is 0 Å². The van der Waals surface area contributed by atoms with Gasteiger partial charge in [0.2, 0.25) is 0 Å². The van der Waals surface area contributed by atoms with Crippen molar-refractivity contribution >= 4 is 24.3 Å². The molecule has 0 spiro atoms. The fraction of sp³-hybridized carbons (Fsp3) is 0.750. The van der Waals surface area contributed by atoms with Crippen LogP contribution in [0.3, 0.4) is 0 Å². The number of carbonyl (C=O) groups is 1. The van der Waals surface area contributed by atoms with Crippen LogP contribution in [0, 0.1) is 0 Å². The van der Waals surface area contributed by atoms with Crippen LogP contribution < -0.4 is 0 Å². The molecule has 24 heavy (non-hydrogen) atoms. The van der Waals surface area contributed by atoms with E-state index in [1.807, 2.05) is 0 Å². The van der Waals surface area contributed by atoms with Crippen LogP contribution in [0.1, 0.15) is 59.3 Å². The second-order valence-electron chi connectivity index (χ2n) is 6.56. The van der Waals surface area contributed by atoms with E-state index < -0.39 is 18.4 Å². The first-order valence-corrected chi connectivity index (χ1v) is 17.4. The van der Waals surface area contributed by atoms with Gasteiger partial charge >= 0.3 is 154 Å². The van der Waals surface area contributed by atoms with Crippen molar-refractivity contribution in [3.8, 4) is 0 Å². The molecule has 0 saturated carbocycles. The Bertz CT molecular complexity index is 331. The summed E-state index contributed by atoms with van der Waals surface area (Å²) in [6.45, 7) is 11.2. The number of unbranched alkanes of at least 4 members (excludes halogenated alkanes) is 3. The van der Waals surface area contributed by atoms with Crippen molar-refractivity contribution in [3.63, 3.8) is 0 Å². The summed E-state index contributed by atoms with van der Waals surface area (Å²) in [5, 5.41) is 0. The minimum absolute atomic E-state index is 0.00971. The van der Waals surface area contributed by atoms with Gasteiger partial charge in [0.25, 0.3) is 0 Å². The number of esters is 1. The molecule has 0 atom stereocenters. The molecule has 0 fully saturated rings. The van der Waals surface area contributed by atoms with E-state index in [4.69, 9.17) is 9.47 Å². The van der Waals surface area contributed by atoms with E-state index in [2.05, 4.69) is 37.5 Å². The van der Waals surface area contributed by atoms with Crippen molar-refractivity contribution in [2.75, 3.05) is 19.8 Å². The third kappa shape index (κ3) is 12.1. The van der Waals surface area contributed by atoms with Gasteiger partial charge in [-0.05, 0) is 0 Å². The van der Waals surface area contributed by atoms with E-state index in [9.17, 15) is 4.79 Å². The molecular weight excluding hydrogens is 407 g/mol. The van der Waals surface area contributed by atoms with Crippen LogP contribution in [0.2, 0.25) is 13.3 Å². The summed E-state index contributed by atoms with van der Waals surface area (Å²) >= 11 is -2.22. The Hall–Kier alpha value is -0.291. The topological polar surface area (TPSA) is 35.5 Å². The Kier molecular flexibility index (Phi) is 16.0. The minimum atomic E-state index is -2.22. The van der Waals surface area contributed by atoms with Gasteiger partial charge in [-0.1, -0.05) is 0 Å². The number of ether oxygens (including phenoxy) is 2. The predicted molar refractivity (Wildman–Crippen MR) is 106 cm³/mol. The molecule has 0 N–H and O–H groups in total. The molecule has 4 heteroatoms. The maximum atomic E-state index is 11.6. The average Bonchev–Trinajstić information content (AvgIpc) is 2.59. The standard InChI is InChI=1S/C8H11O3.3C4H9.Sn/c1-3-5-10-7-8(9)11-6-4-2;3*1-3-4-2;/h2-4H,1,5-7H2;3*1,3-4H2,2H3;. The van der Waals surface area contributed by atoms with Gasteiger partial charge in [0.15, 0.2) is 0 Å². The quantitative estimate of drug-likeness (QED) is 0.133. The molecule has 0 aliphatic rings. The Balaban J connectivity index is 4.56. The molecule has 0 aliphatic heterocycles. The molecule has 0 amide bonds. The summed E-state index contributed by atoms with van der Waals surface area (Å²) < 4.78 is 17.2. The van der Waals surface area contributed by atoms with E-state index in [1.54, 1.807) is 6.08 Å². The second kappa shape index (κ2) is 16.2. The van der Waals surface area contributed by atoms with Crippen LogP contribution in [0.4, 0.5) is 0 Å². The van der Waals surface area contributed by atoms with E-state index in [-0.39, 0.29) is 12.6 Å². The molecule has 0 heterocycles. The summed E-state index contributed by atoms with van der Waals surface area (Å²) in [6, 6.07) is 0. The van der Waals surface area contributed by atoms with Gasteiger partial charge in [-0.3, -0.25) is 0 Å². The maximum absolute atomic E-state index is 11.6. The van der Waals surface area contributed by atoms with Crippen molar-refractivity contribution in [3.05, 3.63) is 22.8 Å². The summed E-state index contributed by atoms with van der Waals surface area (Å²) in [6.07, 6.45) is 11.6.